The van der Waals surface area contributed by atoms with Gasteiger partial charge in [0.25, 0.3) is 0 Å². The molecule has 0 spiro atoms. The molecule has 0 radical (unpaired) electrons. The van der Waals surface area contributed by atoms with Crippen molar-refractivity contribution in [2.75, 3.05) is 19.5 Å². The maximum Gasteiger partial charge on any atom is 0.241 e. The molecule has 5 nitrogen and oxygen atoms in total. The van der Waals surface area contributed by atoms with Crippen LogP contribution in [-0.2, 0) is 11.2 Å². The van der Waals surface area contributed by atoms with Gasteiger partial charge in [0.05, 0.1) is 25.9 Å². The average molecular weight is 222 g/mol. The van der Waals surface area contributed by atoms with Crippen molar-refractivity contribution in [3.05, 3.63) is 17.7 Å². The fourth-order valence-corrected chi connectivity index (χ4v) is 1.84. The van der Waals surface area contributed by atoms with Gasteiger partial charge in [-0.3, -0.25) is 4.79 Å². The number of hydrogen-bond donors (Lipinski definition) is 2. The summed E-state index contributed by atoms with van der Waals surface area (Å²) in [7, 11) is 3.15. The lowest BCUT2D eigenvalue weighted by atomic mass is 9.98. The van der Waals surface area contributed by atoms with Crippen molar-refractivity contribution in [3.8, 4) is 11.5 Å². The summed E-state index contributed by atoms with van der Waals surface area (Å²) in [6, 6.07) is 3.03. The highest BCUT2D eigenvalue weighted by molar-refractivity contribution is 6.00. The van der Waals surface area contributed by atoms with E-state index in [1.807, 2.05) is 6.07 Å². The topological polar surface area (TPSA) is 73.6 Å². The Kier molecular flexibility index (Phi) is 2.70. The van der Waals surface area contributed by atoms with Gasteiger partial charge in [-0.1, -0.05) is 0 Å². The molecule has 86 valence electrons. The Morgan fingerprint density at radius 2 is 1.94 bits per heavy atom. The second-order valence-corrected chi connectivity index (χ2v) is 3.62. The predicted molar refractivity (Wildman–Crippen MR) is 59.9 cm³/mol. The van der Waals surface area contributed by atoms with E-state index < -0.39 is 6.04 Å². The zero-order valence-corrected chi connectivity index (χ0v) is 9.24. The first kappa shape index (κ1) is 10.8. The maximum atomic E-state index is 11.5. The predicted octanol–water partition coefficient (Wildman–Crippen LogP) is 0.526. The third kappa shape index (κ3) is 1.59. The molecule has 0 aliphatic carbocycles. The number of ether oxygens (including phenoxy) is 2. The minimum absolute atomic E-state index is 0.195. The lowest BCUT2D eigenvalue weighted by Crippen LogP contribution is -2.41. The van der Waals surface area contributed by atoms with Crippen LogP contribution in [0.15, 0.2) is 12.1 Å². The minimum Gasteiger partial charge on any atom is -0.496 e. The van der Waals surface area contributed by atoms with Crippen molar-refractivity contribution < 1.29 is 14.3 Å². The number of nitrogens with one attached hydrogen (secondary N) is 1. The summed E-state index contributed by atoms with van der Waals surface area (Å²) >= 11 is 0. The highest BCUT2D eigenvalue weighted by atomic mass is 16.5. The molecule has 0 fully saturated rings. The molecule has 2 rings (SSSR count). The molecule has 0 saturated heterocycles. The molecule has 1 unspecified atom stereocenters. The summed E-state index contributed by atoms with van der Waals surface area (Å²) in [6.07, 6.45) is 0.460. The van der Waals surface area contributed by atoms with Crippen LogP contribution < -0.4 is 20.5 Å². The van der Waals surface area contributed by atoms with Crippen LogP contribution in [0.2, 0.25) is 0 Å². The zero-order chi connectivity index (χ0) is 11.7. The summed E-state index contributed by atoms with van der Waals surface area (Å²) in [4.78, 5) is 11.5. The van der Waals surface area contributed by atoms with E-state index >= 15 is 0 Å². The Labute approximate surface area is 93.5 Å². The number of methoxy groups -OCH3 is 2. The Morgan fingerprint density at radius 3 is 2.56 bits per heavy atom. The van der Waals surface area contributed by atoms with Crippen LogP contribution >= 0.6 is 0 Å². The molecule has 1 aromatic carbocycles. The van der Waals surface area contributed by atoms with E-state index in [1.54, 1.807) is 20.3 Å². The maximum absolute atomic E-state index is 11.5. The molecule has 1 aromatic rings. The van der Waals surface area contributed by atoms with Crippen molar-refractivity contribution >= 4 is 11.6 Å². The summed E-state index contributed by atoms with van der Waals surface area (Å²) in [5, 5.41) is 2.73. The van der Waals surface area contributed by atoms with Crippen LogP contribution in [0.5, 0.6) is 11.5 Å². The second kappa shape index (κ2) is 4.02. The molecule has 16 heavy (non-hydrogen) atoms. The Balaban J connectivity index is 2.54. The van der Waals surface area contributed by atoms with Gasteiger partial charge in [0.2, 0.25) is 5.91 Å². The first-order chi connectivity index (χ1) is 7.67. The first-order valence-electron chi connectivity index (χ1n) is 4.97. The van der Waals surface area contributed by atoms with Crippen LogP contribution in [0.3, 0.4) is 0 Å². The van der Waals surface area contributed by atoms with E-state index in [0.717, 1.165) is 5.56 Å². The average Bonchev–Trinajstić information content (AvgIpc) is 2.29. The van der Waals surface area contributed by atoms with E-state index in [-0.39, 0.29) is 5.91 Å². The SMILES string of the molecule is COc1ccc(OC)c2c1CC(N)C(=O)N2. The van der Waals surface area contributed by atoms with Gasteiger partial charge in [-0.25, -0.2) is 0 Å². The molecule has 1 atom stereocenters. The minimum atomic E-state index is -0.534. The number of carbonyl (C=O) groups is 1. The first-order valence-corrected chi connectivity index (χ1v) is 4.97. The van der Waals surface area contributed by atoms with Crippen molar-refractivity contribution in [1.29, 1.82) is 0 Å². The third-order valence-corrected chi connectivity index (χ3v) is 2.68. The molecule has 3 N–H and O–H groups in total. The number of rotatable bonds is 2. The molecule has 1 heterocycles. The lowest BCUT2D eigenvalue weighted by Gasteiger charge is -2.25. The van der Waals surface area contributed by atoms with Gasteiger partial charge in [0, 0.05) is 12.0 Å². The zero-order valence-electron chi connectivity index (χ0n) is 9.24. The van der Waals surface area contributed by atoms with Gasteiger partial charge < -0.3 is 20.5 Å². The van der Waals surface area contributed by atoms with E-state index in [1.165, 1.54) is 0 Å². The highest BCUT2D eigenvalue weighted by Crippen LogP contribution is 2.38. The van der Waals surface area contributed by atoms with Crippen LogP contribution in [0.4, 0.5) is 5.69 Å². The molecule has 1 aliphatic heterocycles. The van der Waals surface area contributed by atoms with Crippen LogP contribution in [-0.4, -0.2) is 26.2 Å². The number of benzene rings is 1. The fourth-order valence-electron chi connectivity index (χ4n) is 1.84. The van der Waals surface area contributed by atoms with Gasteiger partial charge in [-0.05, 0) is 12.1 Å². The van der Waals surface area contributed by atoms with Crippen molar-refractivity contribution in [2.24, 2.45) is 5.73 Å². The van der Waals surface area contributed by atoms with Gasteiger partial charge in [0.1, 0.15) is 11.5 Å². The van der Waals surface area contributed by atoms with E-state index in [2.05, 4.69) is 5.32 Å². The van der Waals surface area contributed by atoms with Gasteiger partial charge in [-0.2, -0.15) is 0 Å². The van der Waals surface area contributed by atoms with Crippen LogP contribution in [0.25, 0.3) is 0 Å². The lowest BCUT2D eigenvalue weighted by molar-refractivity contribution is -0.117. The fraction of sp³-hybridized carbons (Fsp3) is 0.364. The smallest absolute Gasteiger partial charge is 0.241 e. The summed E-state index contributed by atoms with van der Waals surface area (Å²) < 4.78 is 10.4. The summed E-state index contributed by atoms with van der Waals surface area (Å²) in [5.74, 6) is 1.14. The Morgan fingerprint density at radius 1 is 1.31 bits per heavy atom. The van der Waals surface area contributed by atoms with E-state index in [9.17, 15) is 4.79 Å². The number of anilines is 1. The van der Waals surface area contributed by atoms with E-state index in [0.29, 0.717) is 23.6 Å². The number of carbonyl (C=O) groups excluding carboxylic acids is 1. The molecule has 0 aromatic heterocycles. The van der Waals surface area contributed by atoms with Gasteiger partial charge in [0.15, 0.2) is 0 Å². The van der Waals surface area contributed by atoms with Crippen molar-refractivity contribution in [3.63, 3.8) is 0 Å². The van der Waals surface area contributed by atoms with Gasteiger partial charge in [-0.15, -0.1) is 0 Å². The van der Waals surface area contributed by atoms with Crippen molar-refractivity contribution in [2.45, 2.75) is 12.5 Å². The number of nitrogens with two attached hydrogens (primary N) is 1. The molecular formula is C11H14N2O3. The third-order valence-electron chi connectivity index (χ3n) is 2.68. The van der Waals surface area contributed by atoms with Crippen LogP contribution in [0.1, 0.15) is 5.56 Å². The normalized spacial score (nSPS) is 18.7. The molecule has 0 saturated carbocycles. The largest absolute Gasteiger partial charge is 0.496 e. The van der Waals surface area contributed by atoms with E-state index in [4.69, 9.17) is 15.2 Å². The number of fused-ring (bicyclic) bond motifs is 1. The molecule has 5 heteroatoms. The standard InChI is InChI=1S/C11H14N2O3/c1-15-8-3-4-9(16-2)10-6(8)5-7(12)11(14)13-10/h3-4,7H,5,12H2,1-2H3,(H,13,14). The monoisotopic (exact) mass is 222 g/mol. The molecule has 0 bridgehead atoms. The summed E-state index contributed by atoms with van der Waals surface area (Å²) in [6.45, 7) is 0. The second-order valence-electron chi connectivity index (χ2n) is 3.62. The molecule has 1 amide bonds. The number of amides is 1. The van der Waals surface area contributed by atoms with Crippen LogP contribution in [0, 0.1) is 0 Å². The quantitative estimate of drug-likeness (QED) is 0.765. The Bertz CT molecular complexity index is 431. The van der Waals surface area contributed by atoms with Gasteiger partial charge >= 0.3 is 0 Å². The highest BCUT2D eigenvalue weighted by Gasteiger charge is 2.27. The molecule has 1 aliphatic rings. The number of hydrogen-bond acceptors (Lipinski definition) is 4. The van der Waals surface area contributed by atoms with Crippen molar-refractivity contribution in [1.82, 2.24) is 0 Å². The molecular weight excluding hydrogens is 208 g/mol. The Hall–Kier alpha value is -1.75. The summed E-state index contributed by atoms with van der Waals surface area (Å²) in [5.41, 5.74) is 7.24.